The van der Waals surface area contributed by atoms with E-state index in [1.807, 2.05) is 0 Å². The fourth-order valence-electron chi connectivity index (χ4n) is 2.24. The van der Waals surface area contributed by atoms with Crippen molar-refractivity contribution in [2.24, 2.45) is 11.8 Å². The first-order valence-corrected chi connectivity index (χ1v) is 8.44. The number of rotatable bonds is 6. The van der Waals surface area contributed by atoms with Crippen LogP contribution in [0, 0.1) is 5.92 Å². The van der Waals surface area contributed by atoms with Crippen LogP contribution >= 0.6 is 0 Å². The Labute approximate surface area is 123 Å². The molecule has 1 aliphatic carbocycles. The number of fused-ring (bicyclic) bond motifs is 1. The molecule has 0 atom stereocenters. The Morgan fingerprint density at radius 2 is 2.05 bits per heavy atom. The molecule has 112 valence electrons. The summed E-state index contributed by atoms with van der Waals surface area (Å²) < 4.78 is 27.1. The summed E-state index contributed by atoms with van der Waals surface area (Å²) in [5.74, 6) is 6.55. The fourth-order valence-corrected chi connectivity index (χ4v) is 3.32. The lowest BCUT2D eigenvalue weighted by molar-refractivity contribution is 0.575. The van der Waals surface area contributed by atoms with E-state index in [4.69, 9.17) is 5.84 Å². The van der Waals surface area contributed by atoms with E-state index in [0.717, 1.165) is 11.8 Å². The average molecular weight is 306 g/mol. The molecule has 0 aliphatic heterocycles. The molecule has 1 heterocycles. The Hall–Kier alpha value is -1.70. The van der Waals surface area contributed by atoms with Crippen molar-refractivity contribution >= 4 is 26.7 Å². The van der Waals surface area contributed by atoms with Gasteiger partial charge in [-0.3, -0.25) is 0 Å². The molecule has 1 aromatic carbocycles. The molecular weight excluding hydrogens is 288 g/mol. The second-order valence-corrected chi connectivity index (χ2v) is 7.09. The monoisotopic (exact) mass is 306 g/mol. The molecule has 7 heteroatoms. The zero-order valence-corrected chi connectivity index (χ0v) is 12.4. The van der Waals surface area contributed by atoms with Gasteiger partial charge in [-0.25, -0.2) is 24.0 Å². The first-order chi connectivity index (χ1) is 10.1. The van der Waals surface area contributed by atoms with Crippen LogP contribution < -0.4 is 16.0 Å². The molecule has 0 unspecified atom stereocenters. The molecular formula is C14H18N4O2S. The Morgan fingerprint density at radius 3 is 2.76 bits per heavy atom. The number of nitrogens with zero attached hydrogens (tertiary/aromatic N) is 1. The molecule has 6 nitrogen and oxygen atoms in total. The van der Waals surface area contributed by atoms with Gasteiger partial charge in [0.1, 0.15) is 5.82 Å². The molecule has 4 N–H and O–H groups in total. The number of aromatic nitrogens is 1. The minimum atomic E-state index is -3.45. The molecule has 1 fully saturated rings. The Kier molecular flexibility index (Phi) is 3.79. The van der Waals surface area contributed by atoms with E-state index in [0.29, 0.717) is 23.8 Å². The van der Waals surface area contributed by atoms with Crippen molar-refractivity contribution in [1.82, 2.24) is 9.71 Å². The van der Waals surface area contributed by atoms with Gasteiger partial charge in [-0.15, -0.1) is 0 Å². The molecule has 0 saturated heterocycles. The van der Waals surface area contributed by atoms with Crippen LogP contribution in [0.4, 0.5) is 5.82 Å². The summed E-state index contributed by atoms with van der Waals surface area (Å²) in [5.41, 5.74) is 3.16. The van der Waals surface area contributed by atoms with Crippen LogP contribution in [-0.4, -0.2) is 19.9 Å². The van der Waals surface area contributed by atoms with Crippen LogP contribution in [0.1, 0.15) is 19.3 Å². The summed E-state index contributed by atoms with van der Waals surface area (Å²) in [6.45, 7) is 0.499. The van der Waals surface area contributed by atoms with Gasteiger partial charge < -0.3 is 5.43 Å². The lowest BCUT2D eigenvalue weighted by Gasteiger charge is -2.08. The number of nitrogens with two attached hydrogens (primary N) is 1. The molecule has 1 aliphatic rings. The third-order valence-corrected chi connectivity index (χ3v) is 5.12. The van der Waals surface area contributed by atoms with Crippen molar-refractivity contribution in [1.29, 1.82) is 0 Å². The number of pyridine rings is 1. The zero-order valence-electron chi connectivity index (χ0n) is 11.5. The van der Waals surface area contributed by atoms with E-state index in [9.17, 15) is 8.42 Å². The summed E-state index contributed by atoms with van der Waals surface area (Å²) in [6, 6.07) is 8.38. The van der Waals surface area contributed by atoms with Crippen LogP contribution in [0.25, 0.3) is 10.9 Å². The minimum absolute atomic E-state index is 0.265. The predicted octanol–water partition coefficient (Wildman–Crippen LogP) is 1.60. The van der Waals surface area contributed by atoms with Gasteiger partial charge in [0.05, 0.1) is 10.4 Å². The number of benzene rings is 1. The quantitative estimate of drug-likeness (QED) is 0.556. The van der Waals surface area contributed by atoms with Crippen molar-refractivity contribution in [2.45, 2.75) is 24.2 Å². The maximum atomic E-state index is 12.2. The molecule has 1 aromatic heterocycles. The third kappa shape index (κ3) is 3.31. The highest BCUT2D eigenvalue weighted by molar-refractivity contribution is 7.89. The van der Waals surface area contributed by atoms with Crippen molar-refractivity contribution in [3.8, 4) is 0 Å². The minimum Gasteiger partial charge on any atom is -0.308 e. The molecule has 3 rings (SSSR count). The van der Waals surface area contributed by atoms with Crippen LogP contribution in [0.5, 0.6) is 0 Å². The number of hydrazine groups is 1. The molecule has 0 radical (unpaired) electrons. The van der Waals surface area contributed by atoms with Gasteiger partial charge in [-0.1, -0.05) is 12.8 Å². The second kappa shape index (κ2) is 5.59. The van der Waals surface area contributed by atoms with Gasteiger partial charge in [-0.2, -0.15) is 0 Å². The van der Waals surface area contributed by atoms with E-state index >= 15 is 0 Å². The van der Waals surface area contributed by atoms with Crippen molar-refractivity contribution < 1.29 is 8.42 Å². The number of nitrogens with one attached hydrogen (secondary N) is 2. The molecule has 0 spiro atoms. The van der Waals surface area contributed by atoms with Crippen molar-refractivity contribution in [3.05, 3.63) is 30.3 Å². The number of hydrogen-bond donors (Lipinski definition) is 3. The maximum Gasteiger partial charge on any atom is 0.240 e. The van der Waals surface area contributed by atoms with E-state index in [1.165, 1.54) is 12.8 Å². The average Bonchev–Trinajstić information content (AvgIpc) is 3.30. The summed E-state index contributed by atoms with van der Waals surface area (Å²) in [7, 11) is -3.45. The largest absolute Gasteiger partial charge is 0.308 e. The molecule has 1 saturated carbocycles. The Balaban J connectivity index is 1.81. The van der Waals surface area contributed by atoms with Gasteiger partial charge in [-0.05, 0) is 42.7 Å². The summed E-state index contributed by atoms with van der Waals surface area (Å²) in [5, 5.41) is 0.763. The lowest BCUT2D eigenvalue weighted by Crippen LogP contribution is -2.25. The summed E-state index contributed by atoms with van der Waals surface area (Å²) >= 11 is 0. The smallest absolute Gasteiger partial charge is 0.240 e. The molecule has 21 heavy (non-hydrogen) atoms. The summed E-state index contributed by atoms with van der Waals surface area (Å²) in [6.07, 6.45) is 3.36. The number of nitrogen functional groups attached to an aromatic ring is 1. The number of anilines is 1. The normalized spacial score (nSPS) is 15.3. The Bertz CT molecular complexity index is 757. The summed E-state index contributed by atoms with van der Waals surface area (Å²) in [4.78, 5) is 4.52. The van der Waals surface area contributed by atoms with Crippen LogP contribution in [0.3, 0.4) is 0 Å². The van der Waals surface area contributed by atoms with E-state index in [-0.39, 0.29) is 4.90 Å². The van der Waals surface area contributed by atoms with Crippen molar-refractivity contribution in [2.75, 3.05) is 12.0 Å². The first kappa shape index (κ1) is 14.2. The standard InChI is InChI=1S/C14H18N4O2S/c15-18-14-6-3-11-9-12(4-5-13(11)17-14)21(19,20)16-8-7-10-1-2-10/h3-6,9-10,16H,1-2,7-8,15H2,(H,17,18). The maximum absolute atomic E-state index is 12.2. The van der Waals surface area contributed by atoms with Gasteiger partial charge in [0.15, 0.2) is 0 Å². The SMILES string of the molecule is NNc1ccc2cc(S(=O)(=O)NCCC3CC3)ccc2n1. The van der Waals surface area contributed by atoms with E-state index in [1.54, 1.807) is 30.3 Å². The lowest BCUT2D eigenvalue weighted by atomic mass is 10.2. The van der Waals surface area contributed by atoms with Crippen LogP contribution in [0.2, 0.25) is 0 Å². The van der Waals surface area contributed by atoms with Crippen LogP contribution in [-0.2, 0) is 10.0 Å². The fraction of sp³-hybridized carbons (Fsp3) is 0.357. The first-order valence-electron chi connectivity index (χ1n) is 6.95. The highest BCUT2D eigenvalue weighted by atomic mass is 32.2. The van der Waals surface area contributed by atoms with Gasteiger partial charge in [0.25, 0.3) is 0 Å². The van der Waals surface area contributed by atoms with Gasteiger partial charge >= 0.3 is 0 Å². The zero-order chi connectivity index (χ0) is 14.9. The molecule has 0 amide bonds. The van der Waals surface area contributed by atoms with Crippen molar-refractivity contribution in [3.63, 3.8) is 0 Å². The highest BCUT2D eigenvalue weighted by Crippen LogP contribution is 2.31. The molecule has 0 bridgehead atoms. The number of hydrogen-bond acceptors (Lipinski definition) is 5. The second-order valence-electron chi connectivity index (χ2n) is 5.33. The van der Waals surface area contributed by atoms with Gasteiger partial charge in [0, 0.05) is 11.9 Å². The van der Waals surface area contributed by atoms with E-state index < -0.39 is 10.0 Å². The topological polar surface area (TPSA) is 97.1 Å². The highest BCUT2D eigenvalue weighted by Gasteiger charge is 2.22. The van der Waals surface area contributed by atoms with Gasteiger partial charge in [0.2, 0.25) is 10.0 Å². The molecule has 2 aromatic rings. The van der Waals surface area contributed by atoms with E-state index in [2.05, 4.69) is 15.1 Å². The van der Waals surface area contributed by atoms with Crippen LogP contribution in [0.15, 0.2) is 35.2 Å². The third-order valence-electron chi connectivity index (χ3n) is 3.66. The predicted molar refractivity (Wildman–Crippen MR) is 82.1 cm³/mol. The number of sulfonamides is 1. The Morgan fingerprint density at radius 1 is 1.24 bits per heavy atom.